The minimum atomic E-state index is 0.741. The van der Waals surface area contributed by atoms with E-state index in [2.05, 4.69) is 18.8 Å². The minimum absolute atomic E-state index is 0.741. The molecule has 1 nitrogen and oxygen atoms in total. The van der Waals surface area contributed by atoms with Crippen LogP contribution >= 0.6 is 23.4 Å². The second-order valence-electron chi connectivity index (χ2n) is 3.14. The number of thioether (sulfide) groups is 1. The van der Waals surface area contributed by atoms with Crippen LogP contribution in [-0.2, 0) is 0 Å². The fourth-order valence-corrected chi connectivity index (χ4v) is 2.07. The molecule has 3 heteroatoms. The molecule has 0 aliphatic rings. The average molecular weight is 216 g/mol. The lowest BCUT2D eigenvalue weighted by Crippen LogP contribution is -1.95. The van der Waals surface area contributed by atoms with E-state index in [4.69, 9.17) is 11.6 Å². The van der Waals surface area contributed by atoms with Crippen LogP contribution in [0.5, 0.6) is 0 Å². The van der Waals surface area contributed by atoms with E-state index < -0.39 is 0 Å². The SMILES string of the molecule is CC[C@H](C)CSc1cc(Cl)ccn1. The summed E-state index contributed by atoms with van der Waals surface area (Å²) >= 11 is 7.61. The number of hydrogen-bond acceptors (Lipinski definition) is 2. The molecule has 0 saturated carbocycles. The van der Waals surface area contributed by atoms with Crippen LogP contribution in [0.25, 0.3) is 0 Å². The van der Waals surface area contributed by atoms with Crippen LogP contribution < -0.4 is 0 Å². The summed E-state index contributed by atoms with van der Waals surface area (Å²) in [6.07, 6.45) is 2.97. The van der Waals surface area contributed by atoms with Gasteiger partial charge in [0.15, 0.2) is 0 Å². The largest absolute Gasteiger partial charge is 0.250 e. The molecule has 0 fully saturated rings. The fraction of sp³-hybridized carbons (Fsp3) is 0.500. The Labute approximate surface area is 88.9 Å². The fourth-order valence-electron chi connectivity index (χ4n) is 0.810. The van der Waals surface area contributed by atoms with Crippen molar-refractivity contribution >= 4 is 23.4 Å². The van der Waals surface area contributed by atoms with E-state index in [9.17, 15) is 0 Å². The molecule has 1 aromatic heterocycles. The molecule has 13 heavy (non-hydrogen) atoms. The highest BCUT2D eigenvalue weighted by atomic mass is 35.5. The number of halogens is 1. The summed E-state index contributed by atoms with van der Waals surface area (Å²) in [5, 5.41) is 1.79. The van der Waals surface area contributed by atoms with Crippen molar-refractivity contribution in [2.75, 3.05) is 5.75 Å². The quantitative estimate of drug-likeness (QED) is 0.708. The van der Waals surface area contributed by atoms with Crippen molar-refractivity contribution in [3.05, 3.63) is 23.4 Å². The summed E-state index contributed by atoms with van der Waals surface area (Å²) < 4.78 is 0. The summed E-state index contributed by atoms with van der Waals surface area (Å²) in [4.78, 5) is 4.22. The van der Waals surface area contributed by atoms with Gasteiger partial charge in [-0.25, -0.2) is 4.98 Å². The lowest BCUT2D eigenvalue weighted by molar-refractivity contribution is 0.636. The molecule has 0 radical (unpaired) electrons. The number of rotatable bonds is 4. The molecule has 0 amide bonds. The summed E-state index contributed by atoms with van der Waals surface area (Å²) in [6, 6.07) is 3.71. The standard InChI is InChI=1S/C10H14ClNS/c1-3-8(2)7-13-10-6-9(11)4-5-12-10/h4-6,8H,3,7H2,1-2H3/t8-/m0/s1. The van der Waals surface area contributed by atoms with Crippen molar-refractivity contribution in [1.82, 2.24) is 4.98 Å². The zero-order chi connectivity index (χ0) is 9.68. The van der Waals surface area contributed by atoms with E-state index >= 15 is 0 Å². The van der Waals surface area contributed by atoms with E-state index in [1.165, 1.54) is 6.42 Å². The molecule has 0 aliphatic heterocycles. The van der Waals surface area contributed by atoms with Gasteiger partial charge in [-0.1, -0.05) is 31.9 Å². The maximum Gasteiger partial charge on any atom is 0.0974 e. The van der Waals surface area contributed by atoms with Crippen molar-refractivity contribution < 1.29 is 0 Å². The predicted molar refractivity (Wildman–Crippen MR) is 59.4 cm³/mol. The number of pyridine rings is 1. The van der Waals surface area contributed by atoms with Gasteiger partial charge in [0.05, 0.1) is 5.03 Å². The van der Waals surface area contributed by atoms with Crippen LogP contribution in [0.15, 0.2) is 23.4 Å². The Morgan fingerprint density at radius 2 is 2.38 bits per heavy atom. The van der Waals surface area contributed by atoms with Gasteiger partial charge in [0.1, 0.15) is 0 Å². The average Bonchev–Trinajstić information content (AvgIpc) is 2.14. The normalized spacial score (nSPS) is 12.8. The van der Waals surface area contributed by atoms with E-state index in [0.717, 1.165) is 21.7 Å². The first-order chi connectivity index (χ1) is 6.22. The molecule has 72 valence electrons. The minimum Gasteiger partial charge on any atom is -0.250 e. The van der Waals surface area contributed by atoms with Crippen LogP contribution in [0, 0.1) is 5.92 Å². The highest BCUT2D eigenvalue weighted by Gasteiger charge is 2.01. The highest BCUT2D eigenvalue weighted by Crippen LogP contribution is 2.21. The second kappa shape index (κ2) is 5.51. The Balaban J connectivity index is 2.45. The Kier molecular flexibility index (Phi) is 4.60. The zero-order valence-corrected chi connectivity index (χ0v) is 9.53. The van der Waals surface area contributed by atoms with Gasteiger partial charge in [-0.3, -0.25) is 0 Å². The van der Waals surface area contributed by atoms with Crippen molar-refractivity contribution in [2.24, 2.45) is 5.92 Å². The van der Waals surface area contributed by atoms with Crippen LogP contribution in [0.3, 0.4) is 0 Å². The van der Waals surface area contributed by atoms with E-state index in [-0.39, 0.29) is 0 Å². The number of hydrogen-bond donors (Lipinski definition) is 0. The van der Waals surface area contributed by atoms with Gasteiger partial charge < -0.3 is 0 Å². The van der Waals surface area contributed by atoms with Gasteiger partial charge in [-0.05, 0) is 18.1 Å². The molecular formula is C10H14ClNS. The van der Waals surface area contributed by atoms with Gasteiger partial charge in [0, 0.05) is 17.0 Å². The smallest absolute Gasteiger partial charge is 0.0974 e. The summed E-state index contributed by atoms with van der Waals surface area (Å²) in [6.45, 7) is 4.45. The zero-order valence-electron chi connectivity index (χ0n) is 7.96. The van der Waals surface area contributed by atoms with Crippen LogP contribution in [0.1, 0.15) is 20.3 Å². The Morgan fingerprint density at radius 1 is 1.62 bits per heavy atom. The maximum atomic E-state index is 5.84. The molecule has 0 aromatic carbocycles. The van der Waals surface area contributed by atoms with Crippen LogP contribution in [-0.4, -0.2) is 10.7 Å². The first-order valence-electron chi connectivity index (χ1n) is 4.46. The van der Waals surface area contributed by atoms with E-state index in [1.807, 2.05) is 6.07 Å². The topological polar surface area (TPSA) is 12.9 Å². The molecular weight excluding hydrogens is 202 g/mol. The molecule has 0 unspecified atom stereocenters. The number of nitrogens with zero attached hydrogens (tertiary/aromatic N) is 1. The second-order valence-corrected chi connectivity index (χ2v) is 4.61. The van der Waals surface area contributed by atoms with Crippen LogP contribution in [0.2, 0.25) is 5.02 Å². The van der Waals surface area contributed by atoms with Crippen molar-refractivity contribution in [2.45, 2.75) is 25.3 Å². The van der Waals surface area contributed by atoms with Gasteiger partial charge in [-0.2, -0.15) is 0 Å². The molecule has 0 N–H and O–H groups in total. The molecule has 0 spiro atoms. The molecule has 0 saturated heterocycles. The molecule has 1 atom stereocenters. The molecule has 1 aromatic rings. The van der Waals surface area contributed by atoms with E-state index in [1.54, 1.807) is 24.0 Å². The summed E-state index contributed by atoms with van der Waals surface area (Å²) in [5.41, 5.74) is 0. The lowest BCUT2D eigenvalue weighted by atomic mass is 10.2. The Morgan fingerprint density at radius 3 is 3.00 bits per heavy atom. The first-order valence-corrected chi connectivity index (χ1v) is 5.83. The third-order valence-electron chi connectivity index (χ3n) is 1.91. The Bertz CT molecular complexity index is 265. The first kappa shape index (κ1) is 10.9. The van der Waals surface area contributed by atoms with Crippen LogP contribution in [0.4, 0.5) is 0 Å². The van der Waals surface area contributed by atoms with Crippen molar-refractivity contribution in [1.29, 1.82) is 0 Å². The molecule has 1 rings (SSSR count). The molecule has 1 heterocycles. The van der Waals surface area contributed by atoms with Crippen molar-refractivity contribution in [3.63, 3.8) is 0 Å². The molecule has 0 bridgehead atoms. The summed E-state index contributed by atoms with van der Waals surface area (Å²) in [5.74, 6) is 1.86. The predicted octanol–water partition coefficient (Wildman–Crippen LogP) is 3.87. The third kappa shape index (κ3) is 4.01. The Hall–Kier alpha value is -0.210. The highest BCUT2D eigenvalue weighted by molar-refractivity contribution is 7.99. The van der Waals surface area contributed by atoms with Gasteiger partial charge in [0.25, 0.3) is 0 Å². The number of aromatic nitrogens is 1. The summed E-state index contributed by atoms with van der Waals surface area (Å²) in [7, 11) is 0. The monoisotopic (exact) mass is 215 g/mol. The van der Waals surface area contributed by atoms with Crippen molar-refractivity contribution in [3.8, 4) is 0 Å². The van der Waals surface area contributed by atoms with Gasteiger partial charge >= 0.3 is 0 Å². The van der Waals surface area contributed by atoms with E-state index in [0.29, 0.717) is 0 Å². The van der Waals surface area contributed by atoms with Gasteiger partial charge in [-0.15, -0.1) is 11.8 Å². The lowest BCUT2D eigenvalue weighted by Gasteiger charge is -2.06. The third-order valence-corrected chi connectivity index (χ3v) is 3.40. The maximum absolute atomic E-state index is 5.84. The van der Waals surface area contributed by atoms with Gasteiger partial charge in [0.2, 0.25) is 0 Å². The molecule has 0 aliphatic carbocycles.